The molecular weight excluding hydrogens is 508 g/mol. The molecule has 0 spiro atoms. The van der Waals surface area contributed by atoms with Gasteiger partial charge in [-0.1, -0.05) is 6.07 Å². The molecule has 1 saturated carbocycles. The summed E-state index contributed by atoms with van der Waals surface area (Å²) in [6, 6.07) is 5.00. The number of amides is 1. The van der Waals surface area contributed by atoms with Gasteiger partial charge in [0.15, 0.2) is 11.6 Å². The van der Waals surface area contributed by atoms with Gasteiger partial charge in [0.25, 0.3) is 11.6 Å². The number of benzene rings is 2. The summed E-state index contributed by atoms with van der Waals surface area (Å²) >= 11 is 0. The molecule has 4 aliphatic rings. The van der Waals surface area contributed by atoms with Crippen molar-refractivity contribution >= 4 is 39.7 Å². The summed E-state index contributed by atoms with van der Waals surface area (Å²) in [5.74, 6) is -7.06. The molecule has 1 aliphatic heterocycles. The number of carbonyl (C=O) groups excluding carboxylic acids is 3. The first-order chi connectivity index (χ1) is 18.4. The van der Waals surface area contributed by atoms with Gasteiger partial charge in [-0.05, 0) is 56.0 Å². The molecule has 39 heavy (non-hydrogen) atoms. The number of Topliss-reactive ketones (excluding diaryl/α,β-unsaturated/α-hetero) is 2. The van der Waals surface area contributed by atoms with E-state index in [4.69, 9.17) is 11.5 Å². The number of primary amides is 1. The van der Waals surface area contributed by atoms with Crippen LogP contribution in [0.1, 0.15) is 36.0 Å². The Balaban J connectivity index is 1.56. The van der Waals surface area contributed by atoms with Crippen LogP contribution in [0, 0.1) is 22.0 Å². The zero-order chi connectivity index (χ0) is 28.0. The molecule has 2 aromatic carbocycles. The van der Waals surface area contributed by atoms with E-state index in [1.54, 1.807) is 18.2 Å². The number of aromatic hydroxyl groups is 1. The molecular formula is C27H26N4O8. The van der Waals surface area contributed by atoms with Gasteiger partial charge in [-0.25, -0.2) is 0 Å². The highest BCUT2D eigenvalue weighted by atomic mass is 16.6. The maximum absolute atomic E-state index is 13.7. The minimum Gasteiger partial charge on any atom is -0.510 e. The maximum atomic E-state index is 13.7. The first-order valence-corrected chi connectivity index (χ1v) is 12.6. The molecule has 1 heterocycles. The third kappa shape index (κ3) is 3.48. The number of nitrogens with two attached hydrogens (primary N) is 2. The van der Waals surface area contributed by atoms with Crippen LogP contribution in [0.15, 0.2) is 35.1 Å². The Labute approximate surface area is 221 Å². The van der Waals surface area contributed by atoms with Crippen LogP contribution in [-0.2, 0) is 27.3 Å². The van der Waals surface area contributed by atoms with E-state index >= 15 is 0 Å². The number of carbonyl (C=O) groups is 3. The number of hydrogen-bond donors (Lipinski definition) is 5. The molecule has 7 N–H and O–H groups in total. The number of rotatable bonds is 4. The summed E-state index contributed by atoms with van der Waals surface area (Å²) in [6.07, 6.45) is 0.436. The van der Waals surface area contributed by atoms with Gasteiger partial charge in [-0.15, -0.1) is 0 Å². The lowest BCUT2D eigenvalue weighted by Gasteiger charge is -2.47. The summed E-state index contributed by atoms with van der Waals surface area (Å²) in [5.41, 5.74) is 9.65. The van der Waals surface area contributed by atoms with Crippen molar-refractivity contribution in [2.45, 2.75) is 37.8 Å². The minimum atomic E-state index is -1.59. The van der Waals surface area contributed by atoms with Crippen LogP contribution in [0.4, 0.5) is 5.69 Å². The number of hydrogen-bond acceptors (Lipinski definition) is 10. The van der Waals surface area contributed by atoms with E-state index in [1.807, 2.05) is 0 Å². The van der Waals surface area contributed by atoms with Gasteiger partial charge in [-0.2, -0.15) is 0 Å². The van der Waals surface area contributed by atoms with Crippen molar-refractivity contribution in [3.8, 4) is 5.75 Å². The number of nitrogens with zero attached hydrogens (tertiary/aromatic N) is 2. The molecule has 2 aromatic rings. The second kappa shape index (κ2) is 8.35. The smallest absolute Gasteiger partial charge is 0.281 e. The predicted octanol–water partition coefficient (Wildman–Crippen LogP) is 1.66. The van der Waals surface area contributed by atoms with Gasteiger partial charge in [0.05, 0.1) is 21.8 Å². The second-order valence-electron chi connectivity index (χ2n) is 10.9. The van der Waals surface area contributed by atoms with Crippen molar-refractivity contribution in [2.24, 2.45) is 23.3 Å². The normalized spacial score (nSPS) is 26.7. The van der Waals surface area contributed by atoms with E-state index in [0.29, 0.717) is 6.54 Å². The number of nitro benzene ring substituents is 1. The van der Waals surface area contributed by atoms with Crippen molar-refractivity contribution in [1.82, 2.24) is 4.90 Å². The summed E-state index contributed by atoms with van der Waals surface area (Å²) < 4.78 is 0. The molecule has 1 amide bonds. The van der Waals surface area contributed by atoms with E-state index < -0.39 is 69.0 Å². The van der Waals surface area contributed by atoms with Crippen molar-refractivity contribution < 1.29 is 34.6 Å². The highest BCUT2D eigenvalue weighted by molar-refractivity contribution is 6.22. The number of allylic oxidation sites excluding steroid dienone is 1. The lowest BCUT2D eigenvalue weighted by molar-refractivity contribution is -0.383. The van der Waals surface area contributed by atoms with Crippen LogP contribution in [0.3, 0.4) is 0 Å². The van der Waals surface area contributed by atoms with E-state index in [2.05, 4.69) is 4.90 Å². The van der Waals surface area contributed by atoms with Gasteiger partial charge in [0, 0.05) is 35.0 Å². The number of fused-ring (bicyclic) bond motifs is 4. The molecule has 0 aromatic heterocycles. The van der Waals surface area contributed by atoms with Gasteiger partial charge in [-0.3, -0.25) is 29.4 Å². The first-order valence-electron chi connectivity index (χ1n) is 12.6. The Bertz CT molecular complexity index is 1600. The molecule has 12 heteroatoms. The average molecular weight is 535 g/mol. The van der Waals surface area contributed by atoms with E-state index in [0.717, 1.165) is 25.1 Å². The topological polar surface area (TPSA) is 210 Å². The highest BCUT2D eigenvalue weighted by Crippen LogP contribution is 2.54. The maximum Gasteiger partial charge on any atom is 0.281 e. The zero-order valence-corrected chi connectivity index (χ0v) is 20.8. The van der Waals surface area contributed by atoms with Crippen molar-refractivity contribution in [3.63, 3.8) is 0 Å². The summed E-state index contributed by atoms with van der Waals surface area (Å²) in [4.78, 5) is 52.1. The van der Waals surface area contributed by atoms with Gasteiger partial charge in [0.1, 0.15) is 22.8 Å². The van der Waals surface area contributed by atoms with E-state index in [9.17, 15) is 39.8 Å². The fraction of sp³-hybridized carbons (Fsp3) is 0.370. The molecule has 3 atom stereocenters. The number of likely N-dealkylation sites (tertiary alicyclic amines) is 1. The molecule has 12 nitrogen and oxygen atoms in total. The Hall–Kier alpha value is -4.29. The third-order valence-electron chi connectivity index (χ3n) is 8.58. The molecule has 6 rings (SSSR count). The van der Waals surface area contributed by atoms with Crippen LogP contribution in [0.25, 0.3) is 16.5 Å². The van der Waals surface area contributed by atoms with Crippen molar-refractivity contribution in [3.05, 3.63) is 61.9 Å². The quantitative estimate of drug-likeness (QED) is 0.217. The molecule has 3 aliphatic carbocycles. The van der Waals surface area contributed by atoms with Crippen LogP contribution < -0.4 is 11.5 Å². The largest absolute Gasteiger partial charge is 0.510 e. The van der Waals surface area contributed by atoms with Gasteiger partial charge < -0.3 is 26.8 Å². The monoisotopic (exact) mass is 534 g/mol. The van der Waals surface area contributed by atoms with Gasteiger partial charge in [0.2, 0.25) is 0 Å². The molecule has 202 valence electrons. The van der Waals surface area contributed by atoms with E-state index in [1.165, 1.54) is 0 Å². The fourth-order valence-electron chi connectivity index (χ4n) is 6.78. The molecule has 1 saturated heterocycles. The standard InChI is InChI=1S/C27H26N4O8/c28-26(37)19-16(32)9-27(29)8-12-7-15-18(23(34)17(12)24(35)20(27)25(19)36)22(33)14-6-11(10-30-4-1-5-30)2-3-13(14)21(15)31(38)39/h2-3,6,12,20,33-34,36H,1,4-5,7-10,29H2,(H2,28,37)/t12-,20?,27?/m0/s1. The third-order valence-corrected chi connectivity index (χ3v) is 8.58. The molecule has 2 fully saturated rings. The molecule has 0 bridgehead atoms. The lowest BCUT2D eigenvalue weighted by atomic mass is 9.58. The molecule has 0 radical (unpaired) electrons. The van der Waals surface area contributed by atoms with Crippen LogP contribution >= 0.6 is 0 Å². The summed E-state index contributed by atoms with van der Waals surface area (Å²) in [5, 5.41) is 46.2. The average Bonchev–Trinajstić information content (AvgIpc) is 2.80. The first kappa shape index (κ1) is 25.0. The summed E-state index contributed by atoms with van der Waals surface area (Å²) in [7, 11) is 0. The number of phenolic OH excluding ortho intramolecular Hbond substituents is 1. The SMILES string of the molecule is NC(=O)C1=C(O)C2C(=O)C3=C(O)c4c(c([N+](=O)[O-])c5ccc(CN6CCC6)cc5c4O)C[C@H]3CC2(N)CC1=O. The van der Waals surface area contributed by atoms with E-state index in [-0.39, 0.29) is 46.0 Å². The Kier molecular flexibility index (Phi) is 5.36. The minimum absolute atomic E-state index is 0.0568. The van der Waals surface area contributed by atoms with Crippen LogP contribution in [0.5, 0.6) is 5.75 Å². The number of aliphatic hydroxyl groups excluding tert-OH is 2. The number of aliphatic hydroxyl groups is 2. The Morgan fingerprint density at radius 2 is 1.90 bits per heavy atom. The number of ketones is 2. The van der Waals surface area contributed by atoms with Crippen LogP contribution in [-0.4, -0.2) is 61.2 Å². The fourth-order valence-corrected chi connectivity index (χ4v) is 6.78. The highest BCUT2D eigenvalue weighted by Gasteiger charge is 2.57. The second-order valence-corrected chi connectivity index (χ2v) is 10.9. The van der Waals surface area contributed by atoms with Crippen LogP contribution in [0.2, 0.25) is 0 Å². The number of nitro groups is 1. The van der Waals surface area contributed by atoms with Gasteiger partial charge >= 0.3 is 0 Å². The zero-order valence-electron chi connectivity index (χ0n) is 20.8. The lowest BCUT2D eigenvalue weighted by Crippen LogP contribution is -2.61. The summed E-state index contributed by atoms with van der Waals surface area (Å²) in [6.45, 7) is 2.46. The van der Waals surface area contributed by atoms with Crippen molar-refractivity contribution in [2.75, 3.05) is 13.1 Å². The Morgan fingerprint density at radius 1 is 1.18 bits per heavy atom. The predicted molar refractivity (Wildman–Crippen MR) is 137 cm³/mol. The number of phenols is 1. The van der Waals surface area contributed by atoms with Crippen molar-refractivity contribution in [1.29, 1.82) is 0 Å². The molecule has 2 unspecified atom stereocenters. The Morgan fingerprint density at radius 3 is 2.51 bits per heavy atom.